The molecule has 0 atom stereocenters. The van der Waals surface area contributed by atoms with Crippen molar-refractivity contribution >= 4 is 50.6 Å². The van der Waals surface area contributed by atoms with Gasteiger partial charge in [0.25, 0.3) is 0 Å². The normalized spacial score (nSPS) is 14.1. The third-order valence-electron chi connectivity index (χ3n) is 5.53. The fourth-order valence-electron chi connectivity index (χ4n) is 3.83. The molecule has 3 aromatic rings. The van der Waals surface area contributed by atoms with Gasteiger partial charge in [0.1, 0.15) is 0 Å². The number of piperazine rings is 1. The van der Waals surface area contributed by atoms with Crippen LogP contribution in [0, 0.1) is 0 Å². The molecule has 32 heavy (non-hydrogen) atoms. The Morgan fingerprint density at radius 3 is 2.41 bits per heavy atom. The Labute approximate surface area is 200 Å². The molecule has 0 radical (unpaired) electrons. The van der Waals surface area contributed by atoms with Crippen molar-refractivity contribution in [1.82, 2.24) is 14.4 Å². The van der Waals surface area contributed by atoms with E-state index in [1.807, 2.05) is 17.0 Å². The van der Waals surface area contributed by atoms with Crippen LogP contribution in [0.1, 0.15) is 12.5 Å². The van der Waals surface area contributed by atoms with Crippen LogP contribution in [0.5, 0.6) is 0 Å². The number of amides is 2. The molecule has 0 spiro atoms. The third kappa shape index (κ3) is 5.30. The van der Waals surface area contributed by atoms with Crippen LogP contribution >= 0.6 is 27.7 Å². The van der Waals surface area contributed by atoms with Crippen LogP contribution < -0.4 is 0 Å². The first-order valence-corrected chi connectivity index (χ1v) is 12.5. The van der Waals surface area contributed by atoms with Crippen molar-refractivity contribution in [2.24, 2.45) is 0 Å². The summed E-state index contributed by atoms with van der Waals surface area (Å²) >= 11 is 5.06. The minimum absolute atomic E-state index is 0.100. The minimum atomic E-state index is -0.299. The lowest BCUT2D eigenvalue weighted by Gasteiger charge is -2.34. The molecule has 6 nitrogen and oxygen atoms in total. The molecular weight excluding hydrogens is 490 g/mol. The van der Waals surface area contributed by atoms with Crippen LogP contribution in [0.2, 0.25) is 0 Å². The van der Waals surface area contributed by atoms with Crippen LogP contribution in [-0.2, 0) is 16.1 Å². The van der Waals surface area contributed by atoms with Gasteiger partial charge in [-0.05, 0) is 30.7 Å². The van der Waals surface area contributed by atoms with Gasteiger partial charge in [0, 0.05) is 59.2 Å². The largest absolute Gasteiger partial charge is 0.450 e. The first kappa shape index (κ1) is 22.7. The Hall–Kier alpha value is -2.45. The molecule has 168 valence electrons. The van der Waals surface area contributed by atoms with Crippen LogP contribution in [-0.4, -0.2) is 64.9 Å². The van der Waals surface area contributed by atoms with Crippen LogP contribution in [0.15, 0.2) is 64.1 Å². The zero-order valence-electron chi connectivity index (χ0n) is 18.0. The number of rotatable bonds is 6. The van der Waals surface area contributed by atoms with Crippen molar-refractivity contribution in [3.63, 3.8) is 0 Å². The van der Waals surface area contributed by atoms with Gasteiger partial charge < -0.3 is 19.1 Å². The summed E-state index contributed by atoms with van der Waals surface area (Å²) in [5.41, 5.74) is 2.38. The molecule has 1 aliphatic heterocycles. The van der Waals surface area contributed by atoms with E-state index in [0.717, 1.165) is 26.8 Å². The summed E-state index contributed by atoms with van der Waals surface area (Å²) in [6.07, 6.45) is 1.84. The van der Waals surface area contributed by atoms with E-state index in [1.165, 1.54) is 5.56 Å². The number of carbonyl (C=O) groups is 2. The second-order valence-electron chi connectivity index (χ2n) is 7.62. The molecule has 0 unspecified atom stereocenters. The lowest BCUT2D eigenvalue weighted by molar-refractivity contribution is -0.129. The number of hydrogen-bond acceptors (Lipinski definition) is 4. The number of benzene rings is 2. The summed E-state index contributed by atoms with van der Waals surface area (Å²) in [5, 5.41) is 1.16. The number of ether oxygens (including phenoxy) is 1. The maximum Gasteiger partial charge on any atom is 0.409 e. The van der Waals surface area contributed by atoms with Crippen molar-refractivity contribution in [3.8, 4) is 0 Å². The molecule has 1 aromatic heterocycles. The Morgan fingerprint density at radius 1 is 1.00 bits per heavy atom. The average molecular weight is 516 g/mol. The minimum Gasteiger partial charge on any atom is -0.450 e. The van der Waals surface area contributed by atoms with E-state index < -0.39 is 0 Å². The molecule has 1 saturated heterocycles. The standard InChI is InChI=1S/C24H26BrN3O3S/c1-2-31-24(30)27-13-11-26(12-14-27)23(29)17-32-22-16-28(21-6-4-3-5-20(21)22)15-18-7-9-19(25)10-8-18/h3-10,16H,2,11-15,17H2,1H3. The molecule has 2 amide bonds. The van der Waals surface area contributed by atoms with E-state index in [1.54, 1.807) is 23.6 Å². The van der Waals surface area contributed by atoms with Gasteiger partial charge in [-0.25, -0.2) is 4.79 Å². The Morgan fingerprint density at radius 2 is 1.69 bits per heavy atom. The molecule has 0 saturated carbocycles. The fraction of sp³-hybridized carbons (Fsp3) is 0.333. The second-order valence-corrected chi connectivity index (χ2v) is 9.55. The molecule has 2 heterocycles. The number of para-hydroxylation sites is 1. The van der Waals surface area contributed by atoms with Crippen LogP contribution in [0.3, 0.4) is 0 Å². The Balaban J connectivity index is 1.40. The highest BCUT2D eigenvalue weighted by molar-refractivity contribution is 9.10. The zero-order chi connectivity index (χ0) is 22.5. The molecular formula is C24H26BrN3O3S. The fourth-order valence-corrected chi connectivity index (χ4v) is 5.09. The third-order valence-corrected chi connectivity index (χ3v) is 7.08. The lowest BCUT2D eigenvalue weighted by Crippen LogP contribution is -2.51. The first-order chi connectivity index (χ1) is 15.5. The van der Waals surface area contributed by atoms with Crippen molar-refractivity contribution in [2.45, 2.75) is 18.4 Å². The number of thioether (sulfide) groups is 1. The number of carbonyl (C=O) groups excluding carboxylic acids is 2. The SMILES string of the molecule is CCOC(=O)N1CCN(C(=O)CSc2cn(Cc3ccc(Br)cc3)c3ccccc23)CC1. The highest BCUT2D eigenvalue weighted by Gasteiger charge is 2.25. The predicted molar refractivity (Wildman–Crippen MR) is 131 cm³/mol. The average Bonchev–Trinajstić information content (AvgIpc) is 3.16. The number of halogens is 1. The molecule has 2 aromatic carbocycles. The van der Waals surface area contributed by atoms with E-state index >= 15 is 0 Å². The van der Waals surface area contributed by atoms with Gasteiger partial charge >= 0.3 is 6.09 Å². The first-order valence-electron chi connectivity index (χ1n) is 10.7. The summed E-state index contributed by atoms with van der Waals surface area (Å²) in [5.74, 6) is 0.481. The molecule has 1 fully saturated rings. The zero-order valence-corrected chi connectivity index (χ0v) is 20.4. The maximum atomic E-state index is 12.8. The molecule has 4 rings (SSSR count). The van der Waals surface area contributed by atoms with Crippen molar-refractivity contribution in [3.05, 3.63) is 64.8 Å². The topological polar surface area (TPSA) is 54.8 Å². The van der Waals surface area contributed by atoms with Crippen molar-refractivity contribution in [2.75, 3.05) is 38.5 Å². The Bertz CT molecular complexity index is 1090. The number of hydrogen-bond donors (Lipinski definition) is 0. The number of aromatic nitrogens is 1. The van der Waals surface area contributed by atoms with Crippen LogP contribution in [0.4, 0.5) is 4.79 Å². The van der Waals surface area contributed by atoms with E-state index in [2.05, 4.69) is 63.1 Å². The monoisotopic (exact) mass is 515 g/mol. The number of fused-ring (bicyclic) bond motifs is 1. The quantitative estimate of drug-likeness (QED) is 0.440. The smallest absolute Gasteiger partial charge is 0.409 e. The second kappa shape index (κ2) is 10.4. The van der Waals surface area contributed by atoms with Gasteiger partial charge in [0.15, 0.2) is 0 Å². The molecule has 0 bridgehead atoms. The van der Waals surface area contributed by atoms with Crippen molar-refractivity contribution in [1.29, 1.82) is 0 Å². The summed E-state index contributed by atoms with van der Waals surface area (Å²) < 4.78 is 8.35. The van der Waals surface area contributed by atoms with E-state index in [0.29, 0.717) is 38.5 Å². The summed E-state index contributed by atoms with van der Waals surface area (Å²) in [6.45, 7) is 5.06. The molecule has 0 aliphatic carbocycles. The molecule has 1 aliphatic rings. The van der Waals surface area contributed by atoms with Gasteiger partial charge in [-0.15, -0.1) is 11.8 Å². The van der Waals surface area contributed by atoms with Gasteiger partial charge in [-0.2, -0.15) is 0 Å². The predicted octanol–water partition coefficient (Wildman–Crippen LogP) is 4.84. The maximum absolute atomic E-state index is 12.8. The van der Waals surface area contributed by atoms with E-state index in [9.17, 15) is 9.59 Å². The summed E-state index contributed by atoms with van der Waals surface area (Å²) in [7, 11) is 0. The van der Waals surface area contributed by atoms with E-state index in [-0.39, 0.29) is 12.0 Å². The van der Waals surface area contributed by atoms with Gasteiger partial charge in [0.05, 0.1) is 12.4 Å². The lowest BCUT2D eigenvalue weighted by atomic mass is 10.2. The van der Waals surface area contributed by atoms with Gasteiger partial charge in [-0.1, -0.05) is 46.3 Å². The molecule has 0 N–H and O–H groups in total. The van der Waals surface area contributed by atoms with Crippen LogP contribution in [0.25, 0.3) is 10.9 Å². The van der Waals surface area contributed by atoms with Gasteiger partial charge in [-0.3, -0.25) is 4.79 Å². The number of nitrogens with zero attached hydrogens (tertiary/aromatic N) is 3. The van der Waals surface area contributed by atoms with Crippen molar-refractivity contribution < 1.29 is 14.3 Å². The van der Waals surface area contributed by atoms with Gasteiger partial charge in [0.2, 0.25) is 5.91 Å². The highest BCUT2D eigenvalue weighted by atomic mass is 79.9. The Kier molecular flexibility index (Phi) is 7.42. The summed E-state index contributed by atoms with van der Waals surface area (Å²) in [6, 6.07) is 16.6. The highest BCUT2D eigenvalue weighted by Crippen LogP contribution is 2.31. The summed E-state index contributed by atoms with van der Waals surface area (Å²) in [4.78, 5) is 29.3. The molecule has 8 heteroatoms. The van der Waals surface area contributed by atoms with E-state index in [4.69, 9.17) is 4.74 Å².